The fourth-order valence-electron chi connectivity index (χ4n) is 6.36. The first-order chi connectivity index (χ1) is 12.3. The van der Waals surface area contributed by atoms with E-state index in [-0.39, 0.29) is 0 Å². The Morgan fingerprint density at radius 3 is 3.08 bits per heavy atom. The van der Waals surface area contributed by atoms with E-state index in [9.17, 15) is 0 Å². The molecular formula is C21H31N3O. The summed E-state index contributed by atoms with van der Waals surface area (Å²) in [6, 6.07) is 8.25. The number of rotatable bonds is 3. The molecular weight excluding hydrogens is 310 g/mol. The molecule has 1 aromatic carbocycles. The van der Waals surface area contributed by atoms with Gasteiger partial charge in [0.25, 0.3) is 0 Å². The van der Waals surface area contributed by atoms with Crippen LogP contribution < -0.4 is 15.4 Å². The lowest BCUT2D eigenvalue weighted by atomic mass is 9.52. The van der Waals surface area contributed by atoms with E-state index in [1.54, 1.807) is 18.2 Å². The van der Waals surface area contributed by atoms with Crippen LogP contribution in [0.5, 0.6) is 5.75 Å². The molecule has 0 spiro atoms. The third-order valence-electron chi connectivity index (χ3n) is 7.52. The van der Waals surface area contributed by atoms with E-state index in [1.165, 1.54) is 51.6 Å². The highest BCUT2D eigenvalue weighted by Gasteiger charge is 2.53. The van der Waals surface area contributed by atoms with Crippen LogP contribution in [0.15, 0.2) is 18.2 Å². The molecule has 0 amide bonds. The highest BCUT2D eigenvalue weighted by molar-refractivity contribution is 5.45. The zero-order valence-electron chi connectivity index (χ0n) is 15.4. The maximum Gasteiger partial charge on any atom is 0.119 e. The van der Waals surface area contributed by atoms with Crippen LogP contribution in [0.2, 0.25) is 0 Å². The lowest BCUT2D eigenvalue weighted by Crippen LogP contribution is -2.62. The number of piperidine rings is 1. The third-order valence-corrected chi connectivity index (χ3v) is 7.52. The van der Waals surface area contributed by atoms with Gasteiger partial charge in [-0.15, -0.1) is 0 Å². The molecule has 2 aliphatic heterocycles. The Kier molecular flexibility index (Phi) is 4.03. The summed E-state index contributed by atoms with van der Waals surface area (Å²) in [5, 5.41) is 7.06. The number of nitrogens with one attached hydrogen (secondary N) is 2. The van der Waals surface area contributed by atoms with Gasteiger partial charge in [0, 0.05) is 37.3 Å². The van der Waals surface area contributed by atoms with Crippen LogP contribution in [-0.2, 0) is 11.8 Å². The molecule has 2 N–H and O–H groups in total. The Balaban J connectivity index is 1.50. The fraction of sp³-hybridized carbons (Fsp3) is 0.714. The molecule has 2 saturated heterocycles. The minimum atomic E-state index is 0.420. The predicted octanol–water partition coefficient (Wildman–Crippen LogP) is 2.27. The molecule has 4 nitrogen and oxygen atoms in total. The van der Waals surface area contributed by atoms with E-state index in [4.69, 9.17) is 4.74 Å². The summed E-state index contributed by atoms with van der Waals surface area (Å²) >= 11 is 0. The molecule has 0 aromatic heterocycles. The predicted molar refractivity (Wildman–Crippen MR) is 100 cm³/mol. The number of nitrogens with zero attached hydrogens (tertiary/aromatic N) is 1. The minimum absolute atomic E-state index is 0.420. The number of methoxy groups -OCH3 is 1. The first kappa shape index (κ1) is 16.1. The first-order valence-electron chi connectivity index (χ1n) is 10.2. The number of likely N-dealkylation sites (tertiary alicyclic amines) is 1. The van der Waals surface area contributed by atoms with Crippen molar-refractivity contribution in [1.29, 1.82) is 0 Å². The van der Waals surface area contributed by atoms with E-state index in [1.807, 2.05) is 0 Å². The molecule has 4 aliphatic rings. The van der Waals surface area contributed by atoms with Crippen molar-refractivity contribution in [2.75, 3.05) is 33.4 Å². The van der Waals surface area contributed by atoms with Gasteiger partial charge in [-0.05, 0) is 61.4 Å². The van der Waals surface area contributed by atoms with Crippen molar-refractivity contribution in [1.82, 2.24) is 15.5 Å². The van der Waals surface area contributed by atoms with Gasteiger partial charge < -0.3 is 10.1 Å². The molecule has 3 fully saturated rings. The van der Waals surface area contributed by atoms with Crippen molar-refractivity contribution in [3.05, 3.63) is 29.3 Å². The van der Waals surface area contributed by atoms with Gasteiger partial charge in [0.2, 0.25) is 0 Å². The summed E-state index contributed by atoms with van der Waals surface area (Å²) in [5.41, 5.74) is 3.64. The van der Waals surface area contributed by atoms with Crippen LogP contribution in [-0.4, -0.2) is 50.4 Å². The summed E-state index contributed by atoms with van der Waals surface area (Å²) in [6.07, 6.45) is 8.16. The smallest absolute Gasteiger partial charge is 0.119 e. The normalized spacial score (nSPS) is 37.4. The molecule has 2 aliphatic carbocycles. The lowest BCUT2D eigenvalue weighted by molar-refractivity contribution is -0.0141. The van der Waals surface area contributed by atoms with Crippen molar-refractivity contribution in [2.24, 2.45) is 5.92 Å². The van der Waals surface area contributed by atoms with Crippen LogP contribution >= 0.6 is 0 Å². The van der Waals surface area contributed by atoms with Gasteiger partial charge >= 0.3 is 0 Å². The minimum Gasteiger partial charge on any atom is -0.497 e. The summed E-state index contributed by atoms with van der Waals surface area (Å²) in [6.45, 7) is 4.55. The van der Waals surface area contributed by atoms with Gasteiger partial charge in [-0.3, -0.25) is 10.2 Å². The zero-order chi connectivity index (χ0) is 16.9. The van der Waals surface area contributed by atoms with Gasteiger partial charge in [0.1, 0.15) is 5.75 Å². The van der Waals surface area contributed by atoms with Gasteiger partial charge in [-0.25, -0.2) is 0 Å². The van der Waals surface area contributed by atoms with Crippen molar-refractivity contribution >= 4 is 0 Å². The van der Waals surface area contributed by atoms with Gasteiger partial charge in [0.05, 0.1) is 7.11 Å². The standard InChI is InChI=1S/C21H31N3O/c1-25-17-6-5-15-10-20-18-4-2-3-7-21(18,19(15)11-17)8-9-24(20)13-16-12-22-14-23-16/h5-6,11,16,18,20,22-23H,2-4,7-10,12-14H2,1H3/t16?,18-,20+,21+/m1/s1. The Labute approximate surface area is 151 Å². The maximum absolute atomic E-state index is 5.58. The molecule has 4 atom stereocenters. The number of hydrogen-bond donors (Lipinski definition) is 2. The molecule has 136 valence electrons. The van der Waals surface area contributed by atoms with Crippen LogP contribution in [0.3, 0.4) is 0 Å². The average molecular weight is 341 g/mol. The highest BCUT2D eigenvalue weighted by Crippen LogP contribution is 2.56. The van der Waals surface area contributed by atoms with E-state index in [2.05, 4.69) is 33.7 Å². The van der Waals surface area contributed by atoms with Crippen molar-refractivity contribution in [3.63, 3.8) is 0 Å². The Bertz CT molecular complexity index is 642. The second-order valence-electron chi connectivity index (χ2n) is 8.58. The van der Waals surface area contributed by atoms with Gasteiger partial charge in [-0.2, -0.15) is 0 Å². The molecule has 1 aromatic rings. The Morgan fingerprint density at radius 2 is 2.24 bits per heavy atom. The molecule has 4 heteroatoms. The van der Waals surface area contributed by atoms with Crippen molar-refractivity contribution in [3.8, 4) is 5.75 Å². The first-order valence-corrected chi connectivity index (χ1v) is 10.2. The van der Waals surface area contributed by atoms with Crippen LogP contribution in [0.25, 0.3) is 0 Å². The molecule has 2 heterocycles. The van der Waals surface area contributed by atoms with Crippen LogP contribution in [0.4, 0.5) is 0 Å². The van der Waals surface area contributed by atoms with E-state index >= 15 is 0 Å². The Morgan fingerprint density at radius 1 is 1.28 bits per heavy atom. The monoisotopic (exact) mass is 341 g/mol. The molecule has 2 bridgehead atoms. The SMILES string of the molecule is COc1ccc2c(c1)[C@]13CCCC[C@@H]1[C@H](C2)N(CC1CNCN1)CC3. The topological polar surface area (TPSA) is 36.5 Å². The number of fused-ring (bicyclic) bond motifs is 1. The fourth-order valence-corrected chi connectivity index (χ4v) is 6.36. The van der Waals surface area contributed by atoms with Crippen LogP contribution in [0.1, 0.15) is 43.2 Å². The largest absolute Gasteiger partial charge is 0.497 e. The quantitative estimate of drug-likeness (QED) is 0.884. The third kappa shape index (κ3) is 2.53. The molecule has 25 heavy (non-hydrogen) atoms. The Hall–Kier alpha value is -1.10. The molecule has 0 radical (unpaired) electrons. The van der Waals surface area contributed by atoms with E-state index in [0.717, 1.165) is 30.9 Å². The second-order valence-corrected chi connectivity index (χ2v) is 8.58. The van der Waals surface area contributed by atoms with Crippen molar-refractivity contribution in [2.45, 2.75) is 56.0 Å². The number of hydrogen-bond acceptors (Lipinski definition) is 4. The lowest BCUT2D eigenvalue weighted by Gasteiger charge is -2.59. The van der Waals surface area contributed by atoms with E-state index < -0.39 is 0 Å². The van der Waals surface area contributed by atoms with Crippen molar-refractivity contribution < 1.29 is 4.74 Å². The average Bonchev–Trinajstić information content (AvgIpc) is 3.17. The summed E-state index contributed by atoms with van der Waals surface area (Å²) in [7, 11) is 1.80. The summed E-state index contributed by atoms with van der Waals surface area (Å²) in [4.78, 5) is 2.83. The molecule has 1 unspecified atom stereocenters. The van der Waals surface area contributed by atoms with Gasteiger partial charge in [-0.1, -0.05) is 18.9 Å². The van der Waals surface area contributed by atoms with Gasteiger partial charge in [0.15, 0.2) is 0 Å². The van der Waals surface area contributed by atoms with Crippen LogP contribution in [0, 0.1) is 5.92 Å². The maximum atomic E-state index is 5.58. The number of benzene rings is 1. The molecule has 1 saturated carbocycles. The number of ether oxygens (including phenoxy) is 1. The van der Waals surface area contributed by atoms with E-state index in [0.29, 0.717) is 11.5 Å². The summed E-state index contributed by atoms with van der Waals surface area (Å²) < 4.78 is 5.58. The zero-order valence-corrected chi connectivity index (χ0v) is 15.4. The molecule has 5 rings (SSSR count). The highest BCUT2D eigenvalue weighted by atomic mass is 16.5. The second kappa shape index (κ2) is 6.26. The summed E-state index contributed by atoms with van der Waals surface area (Å²) in [5.74, 6) is 1.88.